The van der Waals surface area contributed by atoms with Gasteiger partial charge in [-0.15, -0.1) is 0 Å². The number of hydrogen-bond acceptors (Lipinski definition) is 6. The molecule has 31 heavy (non-hydrogen) atoms. The lowest BCUT2D eigenvalue weighted by molar-refractivity contribution is -0.136. The summed E-state index contributed by atoms with van der Waals surface area (Å²) in [7, 11) is 0. The van der Waals surface area contributed by atoms with Crippen LogP contribution in [0.4, 0.5) is 5.69 Å². The van der Waals surface area contributed by atoms with Crippen molar-refractivity contribution in [2.45, 2.75) is 31.8 Å². The van der Waals surface area contributed by atoms with Crippen LogP contribution in [0.3, 0.4) is 0 Å². The molecule has 0 saturated heterocycles. The molecule has 1 aliphatic rings. The van der Waals surface area contributed by atoms with Gasteiger partial charge in [-0.25, -0.2) is 14.6 Å². The summed E-state index contributed by atoms with van der Waals surface area (Å²) in [6, 6.07) is 12.8. The number of benzene rings is 2. The van der Waals surface area contributed by atoms with Crippen molar-refractivity contribution in [3.05, 3.63) is 72.1 Å². The molecule has 0 atom stereocenters. The van der Waals surface area contributed by atoms with E-state index in [1.165, 1.54) is 6.33 Å². The van der Waals surface area contributed by atoms with Crippen LogP contribution >= 0.6 is 0 Å². The van der Waals surface area contributed by atoms with E-state index in [1.54, 1.807) is 29.2 Å². The van der Waals surface area contributed by atoms with E-state index in [4.69, 9.17) is 4.42 Å². The van der Waals surface area contributed by atoms with Crippen molar-refractivity contribution < 1.29 is 14.0 Å². The van der Waals surface area contributed by atoms with Crippen molar-refractivity contribution in [2.24, 2.45) is 0 Å². The molecule has 2 aromatic carbocycles. The number of anilines is 1. The Balaban J connectivity index is 1.21. The fourth-order valence-corrected chi connectivity index (χ4v) is 3.34. The Kier molecular flexibility index (Phi) is 4.91. The van der Waals surface area contributed by atoms with E-state index in [0.717, 1.165) is 29.9 Å². The lowest BCUT2D eigenvalue weighted by Crippen LogP contribution is -2.35. The zero-order valence-corrected chi connectivity index (χ0v) is 16.6. The Morgan fingerprint density at radius 2 is 1.94 bits per heavy atom. The summed E-state index contributed by atoms with van der Waals surface area (Å²) in [5.41, 5.74) is 3.72. The molecule has 156 valence electrons. The average molecular weight is 416 g/mol. The minimum atomic E-state index is -0.737. The van der Waals surface area contributed by atoms with Crippen LogP contribution < -0.4 is 10.6 Å². The molecule has 1 aliphatic carbocycles. The van der Waals surface area contributed by atoms with Crippen LogP contribution in [0.25, 0.3) is 11.1 Å². The average Bonchev–Trinajstić information content (AvgIpc) is 3.34. The predicted molar refractivity (Wildman–Crippen MR) is 112 cm³/mol. The Hall–Kier alpha value is -4.01. The molecule has 1 saturated carbocycles. The summed E-state index contributed by atoms with van der Waals surface area (Å²) in [5.74, 6) is -0.307. The Morgan fingerprint density at radius 1 is 1.10 bits per heavy atom. The highest BCUT2D eigenvalue weighted by molar-refractivity contribution is 6.39. The van der Waals surface area contributed by atoms with Crippen LogP contribution in [-0.2, 0) is 22.7 Å². The molecule has 9 nitrogen and oxygen atoms in total. The first-order valence-electron chi connectivity index (χ1n) is 10.0. The molecular formula is C22H20N6O3. The van der Waals surface area contributed by atoms with Crippen LogP contribution in [-0.4, -0.2) is 31.6 Å². The highest BCUT2D eigenvalue weighted by Gasteiger charge is 2.29. The highest BCUT2D eigenvalue weighted by atomic mass is 16.3. The van der Waals surface area contributed by atoms with E-state index in [2.05, 4.69) is 25.7 Å². The molecule has 2 N–H and O–H groups in total. The fourth-order valence-electron chi connectivity index (χ4n) is 3.34. The molecule has 4 aromatic rings. The van der Waals surface area contributed by atoms with Gasteiger partial charge in [-0.05, 0) is 42.2 Å². The molecule has 0 aliphatic heterocycles. The summed E-state index contributed by atoms with van der Waals surface area (Å²) >= 11 is 0. The third-order valence-electron chi connectivity index (χ3n) is 5.15. The molecule has 0 unspecified atom stereocenters. The summed E-state index contributed by atoms with van der Waals surface area (Å²) in [6.07, 6.45) is 5.29. The quantitative estimate of drug-likeness (QED) is 0.467. The van der Waals surface area contributed by atoms with Crippen molar-refractivity contribution in [2.75, 3.05) is 5.32 Å². The molecule has 0 bridgehead atoms. The highest BCUT2D eigenvalue weighted by Crippen LogP contribution is 2.40. The molecule has 0 spiro atoms. The van der Waals surface area contributed by atoms with Gasteiger partial charge in [-0.1, -0.05) is 24.3 Å². The maximum Gasteiger partial charge on any atom is 0.313 e. The van der Waals surface area contributed by atoms with Gasteiger partial charge in [0.25, 0.3) is 0 Å². The lowest BCUT2D eigenvalue weighted by atomic mass is 10.1. The maximum atomic E-state index is 12.3. The Labute approximate surface area is 177 Å². The molecule has 2 amide bonds. The molecule has 0 radical (unpaired) electrons. The first-order chi connectivity index (χ1) is 15.2. The van der Waals surface area contributed by atoms with Gasteiger partial charge in [0.05, 0.1) is 6.54 Å². The number of nitrogens with one attached hydrogen (secondary N) is 2. The topological polar surface area (TPSA) is 115 Å². The number of aromatic nitrogens is 4. The maximum absolute atomic E-state index is 12.3. The summed E-state index contributed by atoms with van der Waals surface area (Å²) in [4.78, 5) is 33.1. The van der Waals surface area contributed by atoms with Crippen molar-refractivity contribution in [1.82, 2.24) is 25.1 Å². The smallest absolute Gasteiger partial charge is 0.313 e. The number of amides is 2. The zero-order chi connectivity index (χ0) is 21.2. The van der Waals surface area contributed by atoms with Gasteiger partial charge in [-0.3, -0.25) is 9.59 Å². The number of carbonyl (C=O) groups excluding carboxylic acids is 2. The number of carbonyl (C=O) groups is 2. The third-order valence-corrected chi connectivity index (χ3v) is 5.15. The largest absolute Gasteiger partial charge is 0.440 e. The van der Waals surface area contributed by atoms with E-state index < -0.39 is 11.8 Å². The summed E-state index contributed by atoms with van der Waals surface area (Å²) in [6.45, 7) is 0.753. The summed E-state index contributed by atoms with van der Waals surface area (Å²) in [5, 5.41) is 9.39. The first kappa shape index (κ1) is 19.0. The third kappa shape index (κ3) is 4.30. The number of oxazole rings is 1. The van der Waals surface area contributed by atoms with Gasteiger partial charge >= 0.3 is 11.8 Å². The second-order valence-electron chi connectivity index (χ2n) is 7.51. The normalized spacial score (nSPS) is 13.3. The number of hydrogen-bond donors (Lipinski definition) is 2. The molecule has 1 fully saturated rings. The van der Waals surface area contributed by atoms with E-state index >= 15 is 0 Å². The Morgan fingerprint density at radius 3 is 2.71 bits per heavy atom. The van der Waals surface area contributed by atoms with Crippen molar-refractivity contribution in [1.29, 1.82) is 0 Å². The van der Waals surface area contributed by atoms with E-state index in [0.29, 0.717) is 29.2 Å². The van der Waals surface area contributed by atoms with Gasteiger partial charge in [0.2, 0.25) is 0 Å². The van der Waals surface area contributed by atoms with Gasteiger partial charge in [0.1, 0.15) is 18.2 Å². The SMILES string of the molecule is O=C(NCc1ccccc1Cn1cncn1)C(=O)Nc1ccc2oc(C3CC3)nc2c1. The minimum Gasteiger partial charge on any atom is -0.440 e. The number of rotatable bonds is 6. The summed E-state index contributed by atoms with van der Waals surface area (Å²) < 4.78 is 7.42. The van der Waals surface area contributed by atoms with Gasteiger partial charge in [0, 0.05) is 18.2 Å². The van der Waals surface area contributed by atoms with Crippen LogP contribution in [0.15, 0.2) is 59.5 Å². The first-order valence-corrected chi connectivity index (χ1v) is 10.0. The molecular weight excluding hydrogens is 396 g/mol. The van der Waals surface area contributed by atoms with Gasteiger partial charge < -0.3 is 15.1 Å². The van der Waals surface area contributed by atoms with Crippen molar-refractivity contribution in [3.63, 3.8) is 0 Å². The molecule has 9 heteroatoms. The number of nitrogens with zero attached hydrogens (tertiary/aromatic N) is 4. The zero-order valence-electron chi connectivity index (χ0n) is 16.6. The van der Waals surface area contributed by atoms with Crippen molar-refractivity contribution in [3.8, 4) is 0 Å². The standard InChI is InChI=1S/C22H20N6O3/c29-20(24-10-15-3-1-2-4-16(15)11-28-13-23-12-25-28)21(30)26-17-7-8-19-18(9-17)27-22(31-19)14-5-6-14/h1-4,7-9,12-14H,5-6,10-11H2,(H,24,29)(H,26,30). The van der Waals surface area contributed by atoms with Crippen LogP contribution in [0.5, 0.6) is 0 Å². The van der Waals surface area contributed by atoms with Gasteiger partial charge in [0.15, 0.2) is 11.5 Å². The molecule has 5 rings (SSSR count). The fraction of sp³-hybridized carbons (Fsp3) is 0.227. The molecule has 2 heterocycles. The van der Waals surface area contributed by atoms with E-state index in [9.17, 15) is 9.59 Å². The predicted octanol–water partition coefficient (Wildman–Crippen LogP) is 2.60. The van der Waals surface area contributed by atoms with E-state index in [-0.39, 0.29) is 6.54 Å². The second-order valence-corrected chi connectivity index (χ2v) is 7.51. The monoisotopic (exact) mass is 416 g/mol. The lowest BCUT2D eigenvalue weighted by Gasteiger charge is -2.11. The Bertz CT molecular complexity index is 1240. The van der Waals surface area contributed by atoms with E-state index in [1.807, 2.05) is 24.3 Å². The van der Waals surface area contributed by atoms with Crippen LogP contribution in [0.2, 0.25) is 0 Å². The minimum absolute atomic E-state index is 0.226. The van der Waals surface area contributed by atoms with Crippen LogP contribution in [0, 0.1) is 0 Å². The number of fused-ring (bicyclic) bond motifs is 1. The van der Waals surface area contributed by atoms with Crippen LogP contribution in [0.1, 0.15) is 35.8 Å². The second kappa shape index (κ2) is 8.02. The molecule has 2 aromatic heterocycles. The van der Waals surface area contributed by atoms with Gasteiger partial charge in [-0.2, -0.15) is 5.10 Å². The van der Waals surface area contributed by atoms with Crippen molar-refractivity contribution >= 4 is 28.6 Å².